The van der Waals surface area contributed by atoms with E-state index in [0.717, 1.165) is 44.9 Å². The third-order valence-electron chi connectivity index (χ3n) is 5.12. The Morgan fingerprint density at radius 3 is 2.60 bits per heavy atom. The number of nitrogens with zero attached hydrogens (tertiary/aromatic N) is 3. The molecule has 1 saturated heterocycles. The van der Waals surface area contributed by atoms with Crippen molar-refractivity contribution in [3.05, 3.63) is 17.3 Å². The van der Waals surface area contributed by atoms with E-state index in [1.54, 1.807) is 15.8 Å². The van der Waals surface area contributed by atoms with Crippen molar-refractivity contribution in [3.63, 3.8) is 0 Å². The molecule has 0 aromatic carbocycles. The van der Waals surface area contributed by atoms with Crippen molar-refractivity contribution in [1.29, 1.82) is 0 Å². The van der Waals surface area contributed by atoms with E-state index in [-0.39, 0.29) is 10.8 Å². The standard InChI is InChI=1S/C16H22N4O3S2/c17-16(7-2-3-8-16)15-18-14(23-19-15)13-12(6-11-24-13)25(21,22)20-9-4-1-5-10-20/h6,11H,1-5,7-10,17H2. The highest BCUT2D eigenvalue weighted by Gasteiger charge is 2.37. The quantitative estimate of drug-likeness (QED) is 0.872. The van der Waals surface area contributed by atoms with Crippen LogP contribution in [-0.4, -0.2) is 36.0 Å². The number of hydrogen-bond acceptors (Lipinski definition) is 7. The smallest absolute Gasteiger partial charge is 0.269 e. The SMILES string of the molecule is NC1(c2noc(-c3sccc3S(=O)(=O)N3CCCCC3)n2)CCCC1. The van der Waals surface area contributed by atoms with Crippen LogP contribution in [0.25, 0.3) is 10.8 Å². The maximum Gasteiger partial charge on any atom is 0.269 e. The molecule has 0 spiro atoms. The largest absolute Gasteiger partial charge is 0.333 e. The third kappa shape index (κ3) is 3.03. The third-order valence-corrected chi connectivity index (χ3v) is 8.10. The molecule has 7 nitrogen and oxygen atoms in total. The van der Waals surface area contributed by atoms with Gasteiger partial charge in [-0.25, -0.2) is 8.42 Å². The molecule has 0 radical (unpaired) electrons. The number of rotatable bonds is 4. The summed E-state index contributed by atoms with van der Waals surface area (Å²) >= 11 is 1.31. The first-order valence-electron chi connectivity index (χ1n) is 8.72. The molecule has 0 bridgehead atoms. The second-order valence-corrected chi connectivity index (χ2v) is 9.69. The zero-order chi connectivity index (χ0) is 17.5. The lowest BCUT2D eigenvalue weighted by Gasteiger charge is -2.25. The Balaban J connectivity index is 1.67. The number of aromatic nitrogens is 2. The van der Waals surface area contributed by atoms with Crippen LogP contribution in [0.4, 0.5) is 0 Å². The van der Waals surface area contributed by atoms with Gasteiger partial charge in [0.05, 0.1) is 5.54 Å². The Morgan fingerprint density at radius 2 is 1.88 bits per heavy atom. The molecule has 2 fully saturated rings. The Kier molecular flexibility index (Phi) is 4.43. The minimum atomic E-state index is -3.54. The molecule has 136 valence electrons. The topological polar surface area (TPSA) is 102 Å². The molecule has 0 amide bonds. The van der Waals surface area contributed by atoms with Crippen molar-refractivity contribution < 1.29 is 12.9 Å². The minimum absolute atomic E-state index is 0.248. The molecule has 25 heavy (non-hydrogen) atoms. The van der Waals surface area contributed by atoms with Gasteiger partial charge in [-0.15, -0.1) is 11.3 Å². The molecule has 2 aliphatic rings. The molecule has 1 aliphatic heterocycles. The highest BCUT2D eigenvalue weighted by Crippen LogP contribution is 2.38. The Hall–Kier alpha value is -1.29. The molecule has 3 heterocycles. The van der Waals surface area contributed by atoms with Gasteiger partial charge in [0.2, 0.25) is 10.0 Å². The summed E-state index contributed by atoms with van der Waals surface area (Å²) in [6.07, 6.45) is 6.64. The first-order valence-corrected chi connectivity index (χ1v) is 11.0. The number of nitrogens with two attached hydrogens (primary N) is 1. The molecule has 2 aromatic rings. The van der Waals surface area contributed by atoms with E-state index in [9.17, 15) is 8.42 Å². The van der Waals surface area contributed by atoms with Crippen LogP contribution in [0.3, 0.4) is 0 Å². The van der Waals surface area contributed by atoms with Crippen LogP contribution in [0.15, 0.2) is 20.9 Å². The normalized spacial score (nSPS) is 21.6. The van der Waals surface area contributed by atoms with E-state index in [1.807, 2.05) is 0 Å². The van der Waals surface area contributed by atoms with Gasteiger partial charge in [-0.1, -0.05) is 24.4 Å². The second kappa shape index (κ2) is 6.46. The first-order chi connectivity index (χ1) is 12.0. The van der Waals surface area contributed by atoms with Crippen molar-refractivity contribution in [3.8, 4) is 10.8 Å². The Bertz CT molecular complexity index is 846. The van der Waals surface area contributed by atoms with Crippen LogP contribution in [0.2, 0.25) is 0 Å². The minimum Gasteiger partial charge on any atom is -0.333 e. The van der Waals surface area contributed by atoms with E-state index in [0.29, 0.717) is 23.8 Å². The van der Waals surface area contributed by atoms with E-state index in [1.165, 1.54) is 11.3 Å². The van der Waals surface area contributed by atoms with Gasteiger partial charge < -0.3 is 10.3 Å². The molecule has 2 aromatic heterocycles. The van der Waals surface area contributed by atoms with Gasteiger partial charge in [0.1, 0.15) is 9.77 Å². The number of thiophene rings is 1. The van der Waals surface area contributed by atoms with Gasteiger partial charge in [-0.05, 0) is 37.1 Å². The Morgan fingerprint density at radius 1 is 1.16 bits per heavy atom. The predicted molar refractivity (Wildman–Crippen MR) is 94.6 cm³/mol. The highest BCUT2D eigenvalue weighted by molar-refractivity contribution is 7.89. The van der Waals surface area contributed by atoms with E-state index >= 15 is 0 Å². The van der Waals surface area contributed by atoms with Crippen molar-refractivity contribution in [2.45, 2.75) is 55.4 Å². The van der Waals surface area contributed by atoms with E-state index < -0.39 is 15.6 Å². The zero-order valence-corrected chi connectivity index (χ0v) is 15.6. The summed E-state index contributed by atoms with van der Waals surface area (Å²) in [5, 5.41) is 5.80. The van der Waals surface area contributed by atoms with Crippen LogP contribution in [0.1, 0.15) is 50.8 Å². The number of hydrogen-bond donors (Lipinski definition) is 1. The molecular formula is C16H22N4O3S2. The molecule has 1 saturated carbocycles. The van der Waals surface area contributed by atoms with Crippen LogP contribution in [-0.2, 0) is 15.6 Å². The lowest BCUT2D eigenvalue weighted by Crippen LogP contribution is -2.35. The number of piperidine rings is 1. The Labute approximate surface area is 151 Å². The summed E-state index contributed by atoms with van der Waals surface area (Å²) in [6.45, 7) is 1.14. The molecule has 2 N–H and O–H groups in total. The van der Waals surface area contributed by atoms with Gasteiger partial charge in [-0.3, -0.25) is 0 Å². The van der Waals surface area contributed by atoms with E-state index in [4.69, 9.17) is 10.3 Å². The average Bonchev–Trinajstić information content (AvgIpc) is 3.35. The fraction of sp³-hybridized carbons (Fsp3) is 0.625. The summed E-state index contributed by atoms with van der Waals surface area (Å²) in [6, 6.07) is 1.63. The molecule has 9 heteroatoms. The summed E-state index contributed by atoms with van der Waals surface area (Å²) in [5.74, 6) is 0.729. The van der Waals surface area contributed by atoms with Gasteiger partial charge in [0.25, 0.3) is 5.89 Å². The van der Waals surface area contributed by atoms with Gasteiger partial charge in [0, 0.05) is 13.1 Å². The average molecular weight is 383 g/mol. The van der Waals surface area contributed by atoms with Crippen molar-refractivity contribution >= 4 is 21.4 Å². The summed E-state index contributed by atoms with van der Waals surface area (Å²) in [7, 11) is -3.54. The van der Waals surface area contributed by atoms with Gasteiger partial charge >= 0.3 is 0 Å². The fourth-order valence-corrected chi connectivity index (χ4v) is 6.48. The zero-order valence-electron chi connectivity index (χ0n) is 14.0. The first kappa shape index (κ1) is 17.1. The second-order valence-electron chi connectivity index (χ2n) is 6.87. The summed E-state index contributed by atoms with van der Waals surface area (Å²) in [5.41, 5.74) is 5.83. The molecule has 1 aliphatic carbocycles. The lowest BCUT2D eigenvalue weighted by atomic mass is 9.99. The number of sulfonamides is 1. The maximum absolute atomic E-state index is 13.0. The van der Waals surface area contributed by atoms with E-state index in [2.05, 4.69) is 10.1 Å². The summed E-state index contributed by atoms with van der Waals surface area (Å²) in [4.78, 5) is 5.21. The monoisotopic (exact) mass is 382 g/mol. The van der Waals surface area contributed by atoms with Gasteiger partial charge in [-0.2, -0.15) is 9.29 Å². The molecular weight excluding hydrogens is 360 g/mol. The van der Waals surface area contributed by atoms with Crippen molar-refractivity contribution in [1.82, 2.24) is 14.4 Å². The molecule has 4 rings (SSSR count). The van der Waals surface area contributed by atoms with Crippen LogP contribution >= 0.6 is 11.3 Å². The van der Waals surface area contributed by atoms with Crippen LogP contribution < -0.4 is 5.73 Å². The van der Waals surface area contributed by atoms with Gasteiger partial charge in [0.15, 0.2) is 5.82 Å². The van der Waals surface area contributed by atoms with Crippen LogP contribution in [0.5, 0.6) is 0 Å². The molecule has 0 unspecified atom stereocenters. The van der Waals surface area contributed by atoms with Crippen molar-refractivity contribution in [2.75, 3.05) is 13.1 Å². The highest BCUT2D eigenvalue weighted by atomic mass is 32.2. The lowest BCUT2D eigenvalue weighted by molar-refractivity contribution is 0.346. The van der Waals surface area contributed by atoms with Crippen LogP contribution in [0, 0.1) is 0 Å². The predicted octanol–water partition coefficient (Wildman–Crippen LogP) is 2.70. The van der Waals surface area contributed by atoms with Crippen molar-refractivity contribution in [2.24, 2.45) is 5.73 Å². The molecule has 0 atom stereocenters. The summed E-state index contributed by atoms with van der Waals surface area (Å²) < 4.78 is 32.9. The maximum atomic E-state index is 13.0. The fourth-order valence-electron chi connectivity index (χ4n) is 3.65.